The highest BCUT2D eigenvalue weighted by atomic mass is 32.2. The molecule has 0 saturated carbocycles. The van der Waals surface area contributed by atoms with Crippen molar-refractivity contribution in [3.8, 4) is 0 Å². The van der Waals surface area contributed by atoms with Crippen LogP contribution in [0, 0.1) is 0 Å². The van der Waals surface area contributed by atoms with Crippen molar-refractivity contribution in [3.05, 3.63) is 82.3 Å². The fourth-order valence-corrected chi connectivity index (χ4v) is 7.14. The van der Waals surface area contributed by atoms with Gasteiger partial charge < -0.3 is 4.90 Å². The maximum Gasteiger partial charge on any atom is 0.263 e. The number of sulfonamides is 1. The average Bonchev–Trinajstić information content (AvgIpc) is 3.46. The van der Waals surface area contributed by atoms with E-state index in [1.165, 1.54) is 11.3 Å². The first-order chi connectivity index (χ1) is 14.0. The van der Waals surface area contributed by atoms with Gasteiger partial charge >= 0.3 is 0 Å². The van der Waals surface area contributed by atoms with Gasteiger partial charge in [-0.2, -0.15) is 4.31 Å². The van der Waals surface area contributed by atoms with E-state index in [0.29, 0.717) is 29.3 Å². The standard InChI is InChI=1S/C21H19N3O3S2/c25-20(18-5-3-13-28-18)23-12-9-21(15-23)17-4-1-2-6-19(17)29(26,27)24(21)14-16-7-10-22-11-8-16/h1-8,10-11,13H,9,12,14-15H2/t21-/m1/s1. The SMILES string of the molecule is O=C(c1cccs1)N1CC[C@@]2(C1)c1ccccc1S(=O)(=O)N2Cc1ccncc1. The molecule has 1 aromatic carbocycles. The van der Waals surface area contributed by atoms with Crippen LogP contribution in [0.5, 0.6) is 0 Å². The number of rotatable bonds is 3. The average molecular weight is 426 g/mol. The Bertz CT molecular complexity index is 1160. The zero-order valence-corrected chi connectivity index (χ0v) is 17.2. The number of carbonyl (C=O) groups excluding carboxylic acids is 1. The van der Waals surface area contributed by atoms with Gasteiger partial charge in [0.15, 0.2) is 0 Å². The molecule has 29 heavy (non-hydrogen) atoms. The summed E-state index contributed by atoms with van der Waals surface area (Å²) in [5.74, 6) is -0.0393. The third kappa shape index (κ3) is 2.82. The van der Waals surface area contributed by atoms with Crippen LogP contribution in [0.25, 0.3) is 0 Å². The highest BCUT2D eigenvalue weighted by molar-refractivity contribution is 7.89. The Labute approximate surface area is 173 Å². The van der Waals surface area contributed by atoms with Crippen molar-refractivity contribution in [2.75, 3.05) is 13.1 Å². The lowest BCUT2D eigenvalue weighted by molar-refractivity contribution is 0.0767. The summed E-state index contributed by atoms with van der Waals surface area (Å²) in [6.07, 6.45) is 3.91. The number of hydrogen-bond donors (Lipinski definition) is 0. The fourth-order valence-electron chi connectivity index (χ4n) is 4.40. The lowest BCUT2D eigenvalue weighted by Gasteiger charge is -2.34. The van der Waals surface area contributed by atoms with Crippen LogP contribution in [-0.2, 0) is 22.1 Å². The Balaban J connectivity index is 1.58. The second-order valence-electron chi connectivity index (χ2n) is 7.35. The first-order valence-electron chi connectivity index (χ1n) is 9.36. The summed E-state index contributed by atoms with van der Waals surface area (Å²) in [5, 5.41) is 1.88. The smallest absolute Gasteiger partial charge is 0.263 e. The summed E-state index contributed by atoms with van der Waals surface area (Å²) in [6.45, 7) is 1.12. The van der Waals surface area contributed by atoms with Gasteiger partial charge in [0.1, 0.15) is 0 Å². The van der Waals surface area contributed by atoms with Crippen LogP contribution in [0.3, 0.4) is 0 Å². The number of thiophene rings is 1. The van der Waals surface area contributed by atoms with E-state index >= 15 is 0 Å². The number of nitrogens with zero attached hydrogens (tertiary/aromatic N) is 3. The van der Waals surface area contributed by atoms with Crippen molar-refractivity contribution in [1.82, 2.24) is 14.2 Å². The second kappa shape index (κ2) is 6.76. The fraction of sp³-hybridized carbons (Fsp3) is 0.238. The maximum absolute atomic E-state index is 13.5. The molecule has 2 aliphatic rings. The Morgan fingerprint density at radius 1 is 1.10 bits per heavy atom. The van der Waals surface area contributed by atoms with Gasteiger partial charge in [0.25, 0.3) is 5.91 Å². The molecule has 1 atom stereocenters. The van der Waals surface area contributed by atoms with Crippen molar-refractivity contribution in [2.24, 2.45) is 0 Å². The van der Waals surface area contributed by atoms with Crippen LogP contribution in [0.15, 0.2) is 71.2 Å². The molecular formula is C21H19N3O3S2. The van der Waals surface area contributed by atoms with E-state index in [1.54, 1.807) is 33.7 Å². The van der Waals surface area contributed by atoms with E-state index < -0.39 is 15.6 Å². The van der Waals surface area contributed by atoms with Crippen molar-refractivity contribution < 1.29 is 13.2 Å². The summed E-state index contributed by atoms with van der Waals surface area (Å²) in [4.78, 5) is 19.8. The Morgan fingerprint density at radius 2 is 1.90 bits per heavy atom. The molecule has 6 nitrogen and oxygen atoms in total. The lowest BCUT2D eigenvalue weighted by Crippen LogP contribution is -2.46. The first-order valence-corrected chi connectivity index (χ1v) is 11.7. The Kier molecular flexibility index (Phi) is 4.31. The molecule has 3 aromatic rings. The molecule has 0 radical (unpaired) electrons. The van der Waals surface area contributed by atoms with Crippen LogP contribution >= 0.6 is 11.3 Å². The molecule has 5 rings (SSSR count). The minimum atomic E-state index is -3.66. The highest BCUT2D eigenvalue weighted by Crippen LogP contribution is 2.50. The van der Waals surface area contributed by atoms with E-state index in [4.69, 9.17) is 0 Å². The third-order valence-corrected chi connectivity index (χ3v) is 8.60. The Morgan fingerprint density at radius 3 is 2.66 bits per heavy atom. The monoisotopic (exact) mass is 425 g/mol. The molecule has 0 bridgehead atoms. The molecule has 1 saturated heterocycles. The minimum absolute atomic E-state index is 0.0393. The molecule has 0 unspecified atom stereocenters. The molecular weight excluding hydrogens is 406 g/mol. The number of aromatic nitrogens is 1. The van der Waals surface area contributed by atoms with Gasteiger partial charge in [-0.25, -0.2) is 8.42 Å². The normalized spacial score (nSPS) is 22.8. The summed E-state index contributed by atoms with van der Waals surface area (Å²) in [6, 6.07) is 14.5. The zero-order chi connectivity index (χ0) is 20.1. The van der Waals surface area contributed by atoms with E-state index in [-0.39, 0.29) is 12.5 Å². The van der Waals surface area contributed by atoms with E-state index in [9.17, 15) is 13.2 Å². The number of carbonyl (C=O) groups is 1. The molecule has 4 heterocycles. The lowest BCUT2D eigenvalue weighted by atomic mass is 9.88. The number of benzene rings is 1. The predicted octanol–water partition coefficient (Wildman–Crippen LogP) is 3.09. The first kappa shape index (κ1) is 18.5. The predicted molar refractivity (Wildman–Crippen MR) is 110 cm³/mol. The molecule has 0 aliphatic carbocycles. The van der Waals surface area contributed by atoms with Gasteiger partial charge in [0.2, 0.25) is 10.0 Å². The van der Waals surface area contributed by atoms with Crippen LogP contribution in [0.2, 0.25) is 0 Å². The Hall–Kier alpha value is -2.55. The molecule has 1 amide bonds. The second-order valence-corrected chi connectivity index (χ2v) is 10.1. The molecule has 0 N–H and O–H groups in total. The maximum atomic E-state index is 13.5. The molecule has 2 aromatic heterocycles. The number of hydrogen-bond acceptors (Lipinski definition) is 5. The van der Waals surface area contributed by atoms with Crippen molar-refractivity contribution in [2.45, 2.75) is 23.4 Å². The zero-order valence-electron chi connectivity index (χ0n) is 15.6. The van der Waals surface area contributed by atoms with Crippen LogP contribution < -0.4 is 0 Å². The summed E-state index contributed by atoms with van der Waals surface area (Å²) in [5.41, 5.74) is 0.917. The van der Waals surface area contributed by atoms with E-state index in [1.807, 2.05) is 41.8 Å². The van der Waals surface area contributed by atoms with Crippen molar-refractivity contribution in [1.29, 1.82) is 0 Å². The van der Waals surface area contributed by atoms with E-state index in [2.05, 4.69) is 4.98 Å². The molecule has 2 aliphatic heterocycles. The molecule has 1 fully saturated rings. The highest BCUT2D eigenvalue weighted by Gasteiger charge is 2.57. The number of likely N-dealkylation sites (tertiary alicyclic amines) is 1. The minimum Gasteiger partial charge on any atom is -0.336 e. The molecule has 1 spiro atoms. The quantitative estimate of drug-likeness (QED) is 0.647. The number of fused-ring (bicyclic) bond motifs is 2. The largest absolute Gasteiger partial charge is 0.336 e. The number of amides is 1. The van der Waals surface area contributed by atoms with Crippen molar-refractivity contribution in [3.63, 3.8) is 0 Å². The molecule has 8 heteroatoms. The third-order valence-electron chi connectivity index (χ3n) is 5.78. The number of pyridine rings is 1. The van der Waals surface area contributed by atoms with Gasteiger partial charge in [-0.1, -0.05) is 24.3 Å². The van der Waals surface area contributed by atoms with Crippen molar-refractivity contribution >= 4 is 27.3 Å². The van der Waals surface area contributed by atoms with Gasteiger partial charge in [-0.3, -0.25) is 9.78 Å². The van der Waals surface area contributed by atoms with Gasteiger partial charge in [-0.15, -0.1) is 11.3 Å². The topological polar surface area (TPSA) is 70.6 Å². The van der Waals surface area contributed by atoms with Gasteiger partial charge in [-0.05, 0) is 47.2 Å². The molecule has 148 valence electrons. The van der Waals surface area contributed by atoms with Gasteiger partial charge in [0, 0.05) is 32.0 Å². The van der Waals surface area contributed by atoms with Crippen LogP contribution in [0.1, 0.15) is 27.2 Å². The van der Waals surface area contributed by atoms with Crippen LogP contribution in [-0.4, -0.2) is 41.6 Å². The summed E-state index contributed by atoms with van der Waals surface area (Å²) < 4.78 is 28.5. The van der Waals surface area contributed by atoms with E-state index in [0.717, 1.165) is 11.1 Å². The summed E-state index contributed by atoms with van der Waals surface area (Å²) in [7, 11) is -3.66. The van der Waals surface area contributed by atoms with Gasteiger partial charge in [0.05, 0.1) is 15.3 Å². The van der Waals surface area contributed by atoms with Crippen LogP contribution in [0.4, 0.5) is 0 Å². The summed E-state index contributed by atoms with van der Waals surface area (Å²) >= 11 is 1.41.